The molecule has 110 valence electrons. The lowest BCUT2D eigenvalue weighted by Crippen LogP contribution is -2.37. The van der Waals surface area contributed by atoms with Crippen molar-refractivity contribution in [3.63, 3.8) is 0 Å². The molecule has 0 saturated heterocycles. The third kappa shape index (κ3) is 2.83. The molecule has 1 aliphatic rings. The fourth-order valence-corrected chi connectivity index (χ4v) is 3.83. The number of halogens is 2. The lowest BCUT2D eigenvalue weighted by molar-refractivity contribution is 0.173. The highest BCUT2D eigenvalue weighted by Gasteiger charge is 2.36. The molecule has 3 rings (SSSR count). The van der Waals surface area contributed by atoms with Crippen LogP contribution in [0.3, 0.4) is 0 Å². The number of fused-ring (bicyclic) bond motifs is 1. The standard InChI is InChI=1S/C18H18Cl2O/c19-15-7-8-17(20)14(10-15)11-18(12-21)9-3-5-13-4-1-2-6-16(13)18/h1-2,4,6-8,10,21H,3,5,9,11-12H2. The third-order valence-corrected chi connectivity index (χ3v) is 5.13. The molecule has 1 aliphatic carbocycles. The Morgan fingerprint density at radius 2 is 1.90 bits per heavy atom. The first kappa shape index (κ1) is 14.9. The number of hydrogen-bond donors (Lipinski definition) is 1. The Morgan fingerprint density at radius 1 is 1.10 bits per heavy atom. The van der Waals surface area contributed by atoms with Crippen LogP contribution in [0.4, 0.5) is 0 Å². The van der Waals surface area contributed by atoms with Crippen LogP contribution in [0.25, 0.3) is 0 Å². The van der Waals surface area contributed by atoms with Gasteiger partial charge in [-0.3, -0.25) is 0 Å². The van der Waals surface area contributed by atoms with Crippen LogP contribution in [0, 0.1) is 0 Å². The van der Waals surface area contributed by atoms with Crippen LogP contribution in [-0.2, 0) is 18.3 Å². The topological polar surface area (TPSA) is 20.2 Å². The van der Waals surface area contributed by atoms with E-state index in [1.165, 1.54) is 11.1 Å². The van der Waals surface area contributed by atoms with Crippen molar-refractivity contribution in [2.24, 2.45) is 0 Å². The Kier molecular flexibility index (Phi) is 4.26. The van der Waals surface area contributed by atoms with Crippen LogP contribution >= 0.6 is 23.2 Å². The number of aryl methyl sites for hydroxylation is 1. The van der Waals surface area contributed by atoms with Gasteiger partial charge in [0.1, 0.15) is 0 Å². The second-order valence-corrected chi connectivity index (χ2v) is 6.71. The van der Waals surface area contributed by atoms with Gasteiger partial charge < -0.3 is 5.11 Å². The number of rotatable bonds is 3. The van der Waals surface area contributed by atoms with E-state index in [1.807, 2.05) is 18.2 Å². The normalized spacial score (nSPS) is 21.1. The maximum absolute atomic E-state index is 10.1. The lowest BCUT2D eigenvalue weighted by atomic mass is 9.67. The molecule has 0 bridgehead atoms. The van der Waals surface area contributed by atoms with Crippen molar-refractivity contribution in [2.45, 2.75) is 31.1 Å². The van der Waals surface area contributed by atoms with E-state index in [0.717, 1.165) is 36.3 Å². The summed E-state index contributed by atoms with van der Waals surface area (Å²) in [5, 5.41) is 11.5. The molecule has 0 spiro atoms. The van der Waals surface area contributed by atoms with Gasteiger partial charge in [-0.25, -0.2) is 0 Å². The van der Waals surface area contributed by atoms with Crippen LogP contribution < -0.4 is 0 Å². The zero-order valence-corrected chi connectivity index (χ0v) is 13.3. The molecule has 2 aromatic rings. The van der Waals surface area contributed by atoms with E-state index in [0.29, 0.717) is 5.02 Å². The summed E-state index contributed by atoms with van der Waals surface area (Å²) in [5.41, 5.74) is 3.36. The highest BCUT2D eigenvalue weighted by molar-refractivity contribution is 6.33. The van der Waals surface area contributed by atoms with Crippen LogP contribution in [0.5, 0.6) is 0 Å². The minimum Gasteiger partial charge on any atom is -0.395 e. The van der Waals surface area contributed by atoms with E-state index in [-0.39, 0.29) is 12.0 Å². The number of benzene rings is 2. The minimum absolute atomic E-state index is 0.132. The van der Waals surface area contributed by atoms with Crippen molar-refractivity contribution >= 4 is 23.2 Å². The predicted octanol–water partition coefficient (Wildman–Crippen LogP) is 4.80. The van der Waals surface area contributed by atoms with Crippen LogP contribution in [0.1, 0.15) is 29.5 Å². The van der Waals surface area contributed by atoms with Crippen molar-refractivity contribution in [3.05, 3.63) is 69.2 Å². The van der Waals surface area contributed by atoms with E-state index in [9.17, 15) is 5.11 Å². The molecular weight excluding hydrogens is 303 g/mol. The van der Waals surface area contributed by atoms with E-state index >= 15 is 0 Å². The van der Waals surface area contributed by atoms with Gasteiger partial charge in [0.2, 0.25) is 0 Å². The van der Waals surface area contributed by atoms with E-state index in [2.05, 4.69) is 18.2 Å². The minimum atomic E-state index is -0.247. The maximum atomic E-state index is 10.1. The zero-order chi connectivity index (χ0) is 14.9. The molecule has 0 radical (unpaired) electrons. The summed E-state index contributed by atoms with van der Waals surface area (Å²) in [4.78, 5) is 0. The van der Waals surface area contributed by atoms with Gasteiger partial charge in [-0.1, -0.05) is 47.5 Å². The Hall–Kier alpha value is -1.02. The molecule has 1 nitrogen and oxygen atoms in total. The van der Waals surface area contributed by atoms with Crippen LogP contribution in [-0.4, -0.2) is 11.7 Å². The first-order chi connectivity index (χ1) is 10.1. The quantitative estimate of drug-likeness (QED) is 0.861. The van der Waals surface area contributed by atoms with Gasteiger partial charge in [0.15, 0.2) is 0 Å². The molecule has 0 heterocycles. The Balaban J connectivity index is 2.04. The second kappa shape index (κ2) is 6.00. The van der Waals surface area contributed by atoms with Gasteiger partial charge in [0.25, 0.3) is 0 Å². The molecule has 3 heteroatoms. The smallest absolute Gasteiger partial charge is 0.0531 e. The van der Waals surface area contributed by atoms with Gasteiger partial charge in [0, 0.05) is 15.5 Å². The Morgan fingerprint density at radius 3 is 2.71 bits per heavy atom. The molecule has 0 aliphatic heterocycles. The molecule has 2 aromatic carbocycles. The van der Waals surface area contributed by atoms with E-state index in [4.69, 9.17) is 23.2 Å². The summed E-state index contributed by atoms with van der Waals surface area (Å²) in [6, 6.07) is 14.0. The zero-order valence-electron chi connectivity index (χ0n) is 11.8. The fourth-order valence-electron chi connectivity index (χ4n) is 3.45. The van der Waals surface area contributed by atoms with Crippen molar-refractivity contribution in [1.82, 2.24) is 0 Å². The third-order valence-electron chi connectivity index (χ3n) is 4.53. The number of aliphatic hydroxyl groups excluding tert-OH is 1. The highest BCUT2D eigenvalue weighted by atomic mass is 35.5. The summed E-state index contributed by atoms with van der Waals surface area (Å²) < 4.78 is 0. The Bertz CT molecular complexity index is 653. The molecular formula is C18H18Cl2O. The van der Waals surface area contributed by atoms with Gasteiger partial charge in [-0.2, -0.15) is 0 Å². The van der Waals surface area contributed by atoms with E-state index in [1.54, 1.807) is 6.07 Å². The lowest BCUT2D eigenvalue weighted by Gasteiger charge is -2.38. The summed E-state index contributed by atoms with van der Waals surface area (Å²) >= 11 is 12.4. The molecule has 0 aromatic heterocycles. The second-order valence-electron chi connectivity index (χ2n) is 5.86. The van der Waals surface area contributed by atoms with Gasteiger partial charge in [0.05, 0.1) is 6.61 Å². The average Bonchev–Trinajstić information content (AvgIpc) is 2.51. The van der Waals surface area contributed by atoms with Crippen molar-refractivity contribution in [1.29, 1.82) is 0 Å². The van der Waals surface area contributed by atoms with Crippen LogP contribution in [0.15, 0.2) is 42.5 Å². The molecule has 1 atom stereocenters. The first-order valence-electron chi connectivity index (χ1n) is 7.28. The predicted molar refractivity (Wildman–Crippen MR) is 88.3 cm³/mol. The maximum Gasteiger partial charge on any atom is 0.0531 e. The SMILES string of the molecule is OCC1(Cc2cc(Cl)ccc2Cl)CCCc2ccccc21. The molecule has 0 saturated carbocycles. The number of aliphatic hydroxyl groups is 1. The monoisotopic (exact) mass is 320 g/mol. The summed E-state index contributed by atoms with van der Waals surface area (Å²) in [6.45, 7) is 0.132. The largest absolute Gasteiger partial charge is 0.395 e. The number of hydrogen-bond acceptors (Lipinski definition) is 1. The molecule has 1 unspecified atom stereocenters. The van der Waals surface area contributed by atoms with Crippen molar-refractivity contribution in [2.75, 3.05) is 6.61 Å². The fraction of sp³-hybridized carbons (Fsp3) is 0.333. The van der Waals surface area contributed by atoms with Crippen molar-refractivity contribution < 1.29 is 5.11 Å². The molecule has 21 heavy (non-hydrogen) atoms. The molecule has 0 fully saturated rings. The Labute approximate surface area is 135 Å². The summed E-state index contributed by atoms with van der Waals surface area (Å²) in [6.07, 6.45) is 3.88. The van der Waals surface area contributed by atoms with Gasteiger partial charge >= 0.3 is 0 Å². The molecule has 1 N–H and O–H groups in total. The van der Waals surface area contributed by atoms with Crippen molar-refractivity contribution in [3.8, 4) is 0 Å². The highest BCUT2D eigenvalue weighted by Crippen LogP contribution is 2.41. The first-order valence-corrected chi connectivity index (χ1v) is 8.03. The van der Waals surface area contributed by atoms with E-state index < -0.39 is 0 Å². The summed E-state index contributed by atoms with van der Waals surface area (Å²) in [7, 11) is 0. The van der Waals surface area contributed by atoms with Crippen LogP contribution in [0.2, 0.25) is 10.0 Å². The molecule has 0 amide bonds. The van der Waals surface area contributed by atoms with Gasteiger partial charge in [-0.15, -0.1) is 0 Å². The summed E-state index contributed by atoms with van der Waals surface area (Å²) in [5.74, 6) is 0. The average molecular weight is 321 g/mol. The van der Waals surface area contributed by atoms with Gasteiger partial charge in [-0.05, 0) is 60.6 Å².